The fourth-order valence-corrected chi connectivity index (χ4v) is 6.62. The van der Waals surface area contributed by atoms with Gasteiger partial charge in [0.1, 0.15) is 5.82 Å². The molecule has 0 aliphatic carbocycles. The average molecular weight is 786 g/mol. The molecule has 0 atom stereocenters. The number of fused-ring (bicyclic) bond motifs is 4. The number of benzene rings is 4. The quantitative estimate of drug-likeness (QED) is 0.167. The number of nitrogens with zero attached hydrogens (tertiary/aromatic N) is 4. The number of anilines is 3. The molecule has 0 spiro atoms. The SMILES string of the molecule is CC(C)(C)c1ccnc(-n2c3[c-]c(C(C)(C)c4[c-]c(N5CN(C(C)(C)C)c6ccccc65)ccc4)ccc3c3ccccc32)c1.[Pt+2]. The Labute approximate surface area is 288 Å². The van der Waals surface area contributed by atoms with Crippen LogP contribution in [0, 0.1) is 12.1 Å². The van der Waals surface area contributed by atoms with Gasteiger partial charge in [-0.15, -0.1) is 11.5 Å². The van der Waals surface area contributed by atoms with Crippen molar-refractivity contribution in [2.75, 3.05) is 16.5 Å². The first-order chi connectivity index (χ1) is 21.3. The first-order valence-corrected chi connectivity index (χ1v) is 15.9. The van der Waals surface area contributed by atoms with Crippen LogP contribution < -0.4 is 9.80 Å². The van der Waals surface area contributed by atoms with E-state index in [-0.39, 0.29) is 37.4 Å². The minimum atomic E-state index is -0.338. The van der Waals surface area contributed by atoms with Crippen molar-refractivity contribution in [1.29, 1.82) is 0 Å². The molecule has 0 saturated carbocycles. The van der Waals surface area contributed by atoms with Crippen LogP contribution in [-0.2, 0) is 31.9 Å². The molecule has 4 nitrogen and oxygen atoms in total. The molecule has 236 valence electrons. The third-order valence-electron chi connectivity index (χ3n) is 9.40. The fraction of sp³-hybridized carbons (Fsp3) is 0.293. The number of aromatic nitrogens is 2. The van der Waals surface area contributed by atoms with Crippen molar-refractivity contribution < 1.29 is 21.1 Å². The smallest absolute Gasteiger partial charge is 0.347 e. The Kier molecular flexibility index (Phi) is 7.96. The van der Waals surface area contributed by atoms with Gasteiger partial charge in [0, 0.05) is 17.3 Å². The molecule has 4 aromatic carbocycles. The predicted octanol–water partition coefficient (Wildman–Crippen LogP) is 10.1. The molecule has 0 N–H and O–H groups in total. The predicted molar refractivity (Wildman–Crippen MR) is 189 cm³/mol. The van der Waals surface area contributed by atoms with Gasteiger partial charge in [-0.05, 0) is 72.9 Å². The molecule has 1 aliphatic heterocycles. The first kappa shape index (κ1) is 32.1. The molecular formula is C41H42N4Pt. The van der Waals surface area contributed by atoms with Gasteiger partial charge in [-0.3, -0.25) is 0 Å². The van der Waals surface area contributed by atoms with Crippen LogP contribution in [0.3, 0.4) is 0 Å². The molecule has 3 heterocycles. The van der Waals surface area contributed by atoms with Gasteiger partial charge >= 0.3 is 21.1 Å². The summed E-state index contributed by atoms with van der Waals surface area (Å²) >= 11 is 0. The average Bonchev–Trinajstić information content (AvgIpc) is 3.57. The van der Waals surface area contributed by atoms with E-state index in [1.165, 1.54) is 27.7 Å². The number of para-hydroxylation sites is 3. The second-order valence-corrected chi connectivity index (χ2v) is 14.9. The van der Waals surface area contributed by atoms with Crippen LogP contribution in [-0.4, -0.2) is 21.8 Å². The van der Waals surface area contributed by atoms with E-state index in [4.69, 9.17) is 4.98 Å². The topological polar surface area (TPSA) is 24.3 Å². The van der Waals surface area contributed by atoms with Crippen LogP contribution in [0.1, 0.15) is 72.1 Å². The van der Waals surface area contributed by atoms with Crippen LogP contribution >= 0.6 is 0 Å². The summed E-state index contributed by atoms with van der Waals surface area (Å²) in [5, 5.41) is 2.39. The van der Waals surface area contributed by atoms with Crippen LogP contribution in [0.15, 0.2) is 97.2 Å². The van der Waals surface area contributed by atoms with Gasteiger partial charge in [0.2, 0.25) is 0 Å². The standard InChI is InChI=1S/C41H42N4.Pt/c1-39(2,3)28-22-23-42-38(26-28)45-34-17-10-9-16-32(34)33-21-20-30(25-37(33)45)41(7,8)29-14-13-15-31(24-29)43-27-44(40(4,5)6)36-19-12-11-18-35(36)43;/h9-23,26H,27H2,1-8H3;/q-2;+2. The first-order valence-electron chi connectivity index (χ1n) is 15.9. The van der Waals surface area contributed by atoms with Crippen molar-refractivity contribution in [2.45, 2.75) is 71.8 Å². The van der Waals surface area contributed by atoms with Crippen molar-refractivity contribution in [3.63, 3.8) is 0 Å². The molecule has 0 radical (unpaired) electrons. The molecular weight excluding hydrogens is 744 g/mol. The molecule has 2 aromatic heterocycles. The summed E-state index contributed by atoms with van der Waals surface area (Å²) in [6.45, 7) is 18.9. The van der Waals surface area contributed by atoms with E-state index in [2.05, 4.69) is 173 Å². The summed E-state index contributed by atoms with van der Waals surface area (Å²) in [5.74, 6) is 0.921. The summed E-state index contributed by atoms with van der Waals surface area (Å²) in [5.41, 5.74) is 8.96. The zero-order valence-electron chi connectivity index (χ0n) is 28.0. The molecule has 0 bridgehead atoms. The van der Waals surface area contributed by atoms with E-state index in [9.17, 15) is 0 Å². The van der Waals surface area contributed by atoms with Crippen molar-refractivity contribution in [1.82, 2.24) is 9.55 Å². The van der Waals surface area contributed by atoms with E-state index in [1.807, 2.05) is 6.20 Å². The Morgan fingerprint density at radius 1 is 0.674 bits per heavy atom. The van der Waals surface area contributed by atoms with Gasteiger partial charge in [-0.25, -0.2) is 4.98 Å². The second kappa shape index (κ2) is 11.4. The molecule has 0 saturated heterocycles. The minimum absolute atomic E-state index is 0. The second-order valence-electron chi connectivity index (χ2n) is 14.9. The molecule has 0 unspecified atom stereocenters. The zero-order chi connectivity index (χ0) is 31.7. The van der Waals surface area contributed by atoms with E-state index in [0.717, 1.165) is 40.3 Å². The van der Waals surface area contributed by atoms with Crippen LogP contribution in [0.5, 0.6) is 0 Å². The molecule has 1 aliphatic rings. The van der Waals surface area contributed by atoms with Crippen molar-refractivity contribution >= 4 is 38.9 Å². The summed E-state index contributed by atoms with van der Waals surface area (Å²) in [6.07, 6.45) is 1.93. The van der Waals surface area contributed by atoms with E-state index >= 15 is 0 Å². The van der Waals surface area contributed by atoms with Crippen LogP contribution in [0.4, 0.5) is 17.1 Å². The maximum absolute atomic E-state index is 4.87. The number of pyridine rings is 1. The number of rotatable bonds is 4. The Bertz CT molecular complexity index is 2060. The Balaban J connectivity index is 0.00000372. The molecule has 7 rings (SSSR count). The van der Waals surface area contributed by atoms with Gasteiger partial charge in [-0.2, -0.15) is 47.5 Å². The minimum Gasteiger partial charge on any atom is -0.347 e. The van der Waals surface area contributed by atoms with Crippen molar-refractivity contribution in [3.05, 3.63) is 126 Å². The molecule has 46 heavy (non-hydrogen) atoms. The molecule has 5 heteroatoms. The van der Waals surface area contributed by atoms with Gasteiger partial charge in [0.25, 0.3) is 0 Å². The number of hydrogen-bond acceptors (Lipinski definition) is 3. The summed E-state index contributed by atoms with van der Waals surface area (Å²) in [4.78, 5) is 9.73. The Morgan fingerprint density at radius 2 is 1.37 bits per heavy atom. The van der Waals surface area contributed by atoms with E-state index in [1.54, 1.807) is 0 Å². The molecule has 6 aromatic rings. The summed E-state index contributed by atoms with van der Waals surface area (Å²) in [6, 6.07) is 40.4. The van der Waals surface area contributed by atoms with E-state index < -0.39 is 0 Å². The third kappa shape index (κ3) is 5.35. The van der Waals surface area contributed by atoms with Crippen molar-refractivity contribution in [3.8, 4) is 5.82 Å². The molecule has 0 fully saturated rings. The van der Waals surface area contributed by atoms with E-state index in [0.29, 0.717) is 0 Å². The summed E-state index contributed by atoms with van der Waals surface area (Å²) < 4.78 is 2.28. The van der Waals surface area contributed by atoms with Gasteiger partial charge < -0.3 is 14.4 Å². The van der Waals surface area contributed by atoms with Gasteiger partial charge in [0.05, 0.1) is 18.0 Å². The van der Waals surface area contributed by atoms with Crippen LogP contribution in [0.2, 0.25) is 0 Å². The van der Waals surface area contributed by atoms with Gasteiger partial charge in [0.15, 0.2) is 0 Å². The third-order valence-corrected chi connectivity index (χ3v) is 9.40. The Morgan fingerprint density at radius 3 is 2.11 bits per heavy atom. The van der Waals surface area contributed by atoms with Crippen LogP contribution in [0.25, 0.3) is 27.6 Å². The molecule has 0 amide bonds. The Hall–Kier alpha value is -3.88. The fourth-order valence-electron chi connectivity index (χ4n) is 6.62. The monoisotopic (exact) mass is 785 g/mol. The zero-order valence-corrected chi connectivity index (χ0v) is 30.3. The van der Waals surface area contributed by atoms with Crippen molar-refractivity contribution in [2.24, 2.45) is 0 Å². The maximum atomic E-state index is 4.87. The van der Waals surface area contributed by atoms with Gasteiger partial charge in [-0.1, -0.05) is 76.2 Å². The number of hydrogen-bond donors (Lipinski definition) is 0. The largest absolute Gasteiger partial charge is 2.00 e. The summed E-state index contributed by atoms with van der Waals surface area (Å²) in [7, 11) is 0. The maximum Gasteiger partial charge on any atom is 2.00 e. The normalized spacial score (nSPS) is 13.7.